The predicted molar refractivity (Wildman–Crippen MR) is 139 cm³/mol. The average Bonchev–Trinajstić information content (AvgIpc) is 2.78. The molecule has 0 spiro atoms. The molecule has 0 bridgehead atoms. The normalized spacial score (nSPS) is 12.7. The van der Waals surface area contributed by atoms with Crippen LogP contribution in [0.2, 0.25) is 20.2 Å². The van der Waals surface area contributed by atoms with Crippen LogP contribution in [0.1, 0.15) is 33.0 Å². The quantitative estimate of drug-likeness (QED) is 0.210. The van der Waals surface area contributed by atoms with Gasteiger partial charge in [-0.3, -0.25) is 4.79 Å². The van der Waals surface area contributed by atoms with Crippen LogP contribution in [-0.4, -0.2) is 23.6 Å². The van der Waals surface area contributed by atoms with E-state index in [2.05, 4.69) is 26.2 Å². The van der Waals surface area contributed by atoms with Gasteiger partial charge >= 0.3 is 6.18 Å². The standard InChI is InChI=1S/C24H16BrCl4F3N2O/c25-18-9-13(1-4-16(18)23(35)33-8-7-14-3-6-21(28)34-12-14)2-5-17(24(30,31)32)15-10-19(26)22(29)20(27)11-15/h1-6,9-12,17H,7-8H2,(H,33,35). The first-order valence-corrected chi connectivity index (χ1v) is 12.3. The fourth-order valence-electron chi connectivity index (χ4n) is 3.16. The summed E-state index contributed by atoms with van der Waals surface area (Å²) >= 11 is 26.8. The molecule has 0 fully saturated rings. The Hall–Kier alpha value is -1.77. The van der Waals surface area contributed by atoms with Crippen LogP contribution in [0.25, 0.3) is 6.08 Å². The number of benzene rings is 2. The van der Waals surface area contributed by atoms with Crippen LogP contribution < -0.4 is 5.32 Å². The Morgan fingerprint density at radius 3 is 2.31 bits per heavy atom. The number of carbonyl (C=O) groups is 1. The van der Waals surface area contributed by atoms with Crippen molar-refractivity contribution in [2.24, 2.45) is 0 Å². The summed E-state index contributed by atoms with van der Waals surface area (Å²) in [4.78, 5) is 16.5. The summed E-state index contributed by atoms with van der Waals surface area (Å²) in [5, 5.41) is 3.04. The number of alkyl halides is 3. The van der Waals surface area contributed by atoms with E-state index in [1.807, 2.05) is 6.07 Å². The zero-order chi connectivity index (χ0) is 25.8. The smallest absolute Gasteiger partial charge is 0.352 e. The Balaban J connectivity index is 1.72. The van der Waals surface area contributed by atoms with Crippen molar-refractivity contribution in [3.8, 4) is 0 Å². The third-order valence-electron chi connectivity index (χ3n) is 4.92. The Labute approximate surface area is 228 Å². The highest BCUT2D eigenvalue weighted by atomic mass is 79.9. The minimum absolute atomic E-state index is 0.00962. The molecule has 0 saturated carbocycles. The molecular weight excluding hydrogens is 611 g/mol. The molecule has 0 saturated heterocycles. The minimum Gasteiger partial charge on any atom is -0.352 e. The Kier molecular flexibility index (Phi) is 9.52. The average molecular weight is 627 g/mol. The van der Waals surface area contributed by atoms with Gasteiger partial charge in [0, 0.05) is 17.2 Å². The molecule has 1 heterocycles. The van der Waals surface area contributed by atoms with Gasteiger partial charge in [-0.1, -0.05) is 70.7 Å². The summed E-state index contributed by atoms with van der Waals surface area (Å²) in [6, 6.07) is 10.4. The Morgan fingerprint density at radius 2 is 1.74 bits per heavy atom. The first kappa shape index (κ1) is 27.8. The maximum Gasteiger partial charge on any atom is 0.399 e. The highest BCUT2D eigenvalue weighted by Crippen LogP contribution is 2.41. The fraction of sp³-hybridized carbons (Fsp3) is 0.167. The van der Waals surface area contributed by atoms with Crippen LogP contribution in [0.15, 0.2) is 59.2 Å². The number of allylic oxidation sites excluding steroid dienone is 1. The van der Waals surface area contributed by atoms with Gasteiger partial charge < -0.3 is 5.32 Å². The number of hydrogen-bond donors (Lipinski definition) is 1. The number of pyridine rings is 1. The van der Waals surface area contributed by atoms with Crippen molar-refractivity contribution in [2.75, 3.05) is 6.54 Å². The van der Waals surface area contributed by atoms with Crippen molar-refractivity contribution in [3.63, 3.8) is 0 Å². The second kappa shape index (κ2) is 12.0. The summed E-state index contributed by atoms with van der Waals surface area (Å²) in [5.74, 6) is -2.29. The van der Waals surface area contributed by atoms with Gasteiger partial charge in [-0.05, 0) is 69.4 Å². The molecule has 11 heteroatoms. The molecule has 1 unspecified atom stereocenters. The third kappa shape index (κ3) is 7.61. The van der Waals surface area contributed by atoms with Gasteiger partial charge in [-0.2, -0.15) is 13.2 Å². The molecule has 3 rings (SSSR count). The van der Waals surface area contributed by atoms with Crippen molar-refractivity contribution in [2.45, 2.75) is 18.5 Å². The van der Waals surface area contributed by atoms with Crippen LogP contribution in [0.3, 0.4) is 0 Å². The zero-order valence-electron chi connectivity index (χ0n) is 17.6. The lowest BCUT2D eigenvalue weighted by Crippen LogP contribution is -2.26. The monoisotopic (exact) mass is 624 g/mol. The lowest BCUT2D eigenvalue weighted by Gasteiger charge is -2.18. The first-order valence-electron chi connectivity index (χ1n) is 10.0. The highest BCUT2D eigenvalue weighted by Gasteiger charge is 2.39. The van der Waals surface area contributed by atoms with E-state index < -0.39 is 12.1 Å². The number of rotatable bonds is 7. The summed E-state index contributed by atoms with van der Waals surface area (Å²) < 4.78 is 41.7. The van der Waals surface area contributed by atoms with E-state index in [4.69, 9.17) is 46.4 Å². The van der Waals surface area contributed by atoms with E-state index in [1.54, 1.807) is 24.4 Å². The zero-order valence-corrected chi connectivity index (χ0v) is 22.3. The number of nitrogens with zero attached hydrogens (tertiary/aromatic N) is 1. The Bertz CT molecular complexity index is 1230. The molecule has 1 amide bonds. The lowest BCUT2D eigenvalue weighted by atomic mass is 9.97. The minimum atomic E-state index is -4.59. The van der Waals surface area contributed by atoms with Crippen LogP contribution in [0, 0.1) is 0 Å². The summed E-state index contributed by atoms with van der Waals surface area (Å²) in [6.45, 7) is 0.371. The van der Waals surface area contributed by atoms with Crippen molar-refractivity contribution in [1.29, 1.82) is 0 Å². The molecule has 1 aromatic heterocycles. The van der Waals surface area contributed by atoms with Gasteiger partial charge in [0.05, 0.1) is 26.5 Å². The number of hydrogen-bond acceptors (Lipinski definition) is 2. The summed E-state index contributed by atoms with van der Waals surface area (Å²) in [5.41, 5.74) is 1.58. The molecule has 0 aliphatic heterocycles. The van der Waals surface area contributed by atoms with Crippen LogP contribution in [0.4, 0.5) is 13.2 Å². The second-order valence-corrected chi connectivity index (χ2v) is 9.85. The molecule has 1 atom stereocenters. The number of carbonyl (C=O) groups excluding carboxylic acids is 1. The Morgan fingerprint density at radius 1 is 1.06 bits per heavy atom. The van der Waals surface area contributed by atoms with Crippen LogP contribution >= 0.6 is 62.3 Å². The first-order chi connectivity index (χ1) is 16.5. The van der Waals surface area contributed by atoms with Crippen molar-refractivity contribution in [3.05, 3.63) is 102 Å². The molecule has 3 aromatic rings. The number of nitrogens with one attached hydrogen (secondary N) is 1. The van der Waals surface area contributed by atoms with E-state index in [-0.39, 0.29) is 26.5 Å². The fourth-order valence-corrected chi connectivity index (χ4v) is 4.46. The largest absolute Gasteiger partial charge is 0.399 e. The maximum absolute atomic E-state index is 13.7. The van der Waals surface area contributed by atoms with E-state index in [0.717, 1.165) is 23.8 Å². The van der Waals surface area contributed by atoms with E-state index >= 15 is 0 Å². The van der Waals surface area contributed by atoms with Gasteiger partial charge in [0.2, 0.25) is 0 Å². The van der Waals surface area contributed by atoms with Crippen LogP contribution in [-0.2, 0) is 6.42 Å². The molecular formula is C24H16BrCl4F3N2O. The van der Waals surface area contributed by atoms with Crippen molar-refractivity contribution >= 4 is 74.3 Å². The topological polar surface area (TPSA) is 42.0 Å². The highest BCUT2D eigenvalue weighted by molar-refractivity contribution is 9.10. The molecule has 35 heavy (non-hydrogen) atoms. The molecule has 3 nitrogen and oxygen atoms in total. The molecule has 184 valence electrons. The number of aromatic nitrogens is 1. The SMILES string of the molecule is O=C(NCCc1ccc(Cl)nc1)c1ccc(C=CC(c2cc(Cl)c(Cl)c(Cl)c2)C(F)(F)F)cc1Br. The summed E-state index contributed by atoms with van der Waals surface area (Å²) in [6.07, 6.45) is -0.0859. The van der Waals surface area contributed by atoms with E-state index in [9.17, 15) is 18.0 Å². The molecule has 0 aliphatic carbocycles. The van der Waals surface area contributed by atoms with Crippen LogP contribution in [0.5, 0.6) is 0 Å². The van der Waals surface area contributed by atoms with Crippen molar-refractivity contribution in [1.82, 2.24) is 10.3 Å². The lowest BCUT2D eigenvalue weighted by molar-refractivity contribution is -0.139. The number of halogens is 8. The number of amides is 1. The van der Waals surface area contributed by atoms with E-state index in [1.165, 1.54) is 12.1 Å². The summed E-state index contributed by atoms with van der Waals surface area (Å²) in [7, 11) is 0. The molecule has 2 aromatic carbocycles. The van der Waals surface area contributed by atoms with Crippen molar-refractivity contribution < 1.29 is 18.0 Å². The molecule has 0 aliphatic rings. The van der Waals surface area contributed by atoms with Gasteiger partial charge in [0.25, 0.3) is 5.91 Å². The maximum atomic E-state index is 13.7. The molecule has 1 N–H and O–H groups in total. The van der Waals surface area contributed by atoms with Gasteiger partial charge in [-0.15, -0.1) is 0 Å². The van der Waals surface area contributed by atoms with Gasteiger partial charge in [-0.25, -0.2) is 4.98 Å². The van der Waals surface area contributed by atoms with E-state index in [0.29, 0.717) is 33.7 Å². The van der Waals surface area contributed by atoms with Gasteiger partial charge in [0.1, 0.15) is 5.15 Å². The second-order valence-electron chi connectivity index (χ2n) is 7.41. The molecule has 0 radical (unpaired) electrons. The predicted octanol–water partition coefficient (Wildman–Crippen LogP) is 8.79. The third-order valence-corrected chi connectivity index (χ3v) is 7.00. The van der Waals surface area contributed by atoms with Gasteiger partial charge in [0.15, 0.2) is 0 Å².